The van der Waals surface area contributed by atoms with Gasteiger partial charge in [-0.05, 0) is 17.7 Å². The lowest BCUT2D eigenvalue weighted by Crippen LogP contribution is -2.11. The number of primary amides is 1. The smallest absolute Gasteiger partial charge is 0.269 e. The van der Waals surface area contributed by atoms with Crippen molar-refractivity contribution in [3.8, 4) is 0 Å². The van der Waals surface area contributed by atoms with Crippen LogP contribution in [0.4, 0.5) is 0 Å². The van der Waals surface area contributed by atoms with Gasteiger partial charge in [-0.15, -0.1) is 0 Å². The summed E-state index contributed by atoms with van der Waals surface area (Å²) in [5, 5.41) is 16.0. The van der Waals surface area contributed by atoms with Crippen LogP contribution in [0.1, 0.15) is 16.1 Å². The fourth-order valence-electron chi connectivity index (χ4n) is 1.35. The highest BCUT2D eigenvalue weighted by Gasteiger charge is 2.10. The maximum atomic E-state index is 11.0. The van der Waals surface area contributed by atoms with E-state index in [2.05, 4.69) is 10.2 Å². The van der Waals surface area contributed by atoms with Gasteiger partial charge in [0.2, 0.25) is 0 Å². The predicted molar refractivity (Wildman–Crippen MR) is 50.5 cm³/mol. The molecule has 2 rings (SSSR count). The topological polar surface area (TPSA) is 92.0 Å². The van der Waals surface area contributed by atoms with Gasteiger partial charge < -0.3 is 10.8 Å². The number of carbonyl (C=O) groups excluding carboxylic acids is 1. The van der Waals surface area contributed by atoms with Gasteiger partial charge in [0.25, 0.3) is 5.91 Å². The predicted octanol–water partition coefficient (Wildman–Crippen LogP) is 0.154. The number of rotatable bonds is 2. The van der Waals surface area contributed by atoms with E-state index in [0.717, 1.165) is 11.1 Å². The lowest BCUT2D eigenvalue weighted by atomic mass is 10.1. The summed E-state index contributed by atoms with van der Waals surface area (Å²) in [6, 6.07) is 5.20. The molecule has 2 aromatic rings. The van der Waals surface area contributed by atoms with Gasteiger partial charge in [0.1, 0.15) is 0 Å². The number of nitrogens with one attached hydrogen (secondary N) is 1. The van der Waals surface area contributed by atoms with Crippen molar-refractivity contribution in [3.63, 3.8) is 0 Å². The van der Waals surface area contributed by atoms with Crippen molar-refractivity contribution in [2.45, 2.75) is 6.61 Å². The van der Waals surface area contributed by atoms with Crippen molar-refractivity contribution < 1.29 is 9.90 Å². The summed E-state index contributed by atoms with van der Waals surface area (Å²) in [6.45, 7) is -0.0701. The van der Waals surface area contributed by atoms with Gasteiger partial charge >= 0.3 is 0 Å². The van der Waals surface area contributed by atoms with Crippen molar-refractivity contribution in [1.29, 1.82) is 0 Å². The Balaban J connectivity index is 2.69. The van der Waals surface area contributed by atoms with Gasteiger partial charge in [0, 0.05) is 5.39 Å². The SMILES string of the molecule is NC(=O)c1n[nH]c2ccc(CO)cc12. The number of H-pyrrole nitrogens is 1. The highest BCUT2D eigenvalue weighted by molar-refractivity contribution is 6.03. The summed E-state index contributed by atoms with van der Waals surface area (Å²) in [5.41, 5.74) is 6.79. The number of hydrogen-bond acceptors (Lipinski definition) is 3. The number of aromatic amines is 1. The molecule has 0 atom stereocenters. The zero-order valence-corrected chi connectivity index (χ0v) is 7.32. The summed E-state index contributed by atoms with van der Waals surface area (Å²) >= 11 is 0. The average molecular weight is 191 g/mol. The zero-order valence-electron chi connectivity index (χ0n) is 7.32. The molecule has 1 heterocycles. The van der Waals surface area contributed by atoms with Crippen LogP contribution in [0, 0.1) is 0 Å². The van der Waals surface area contributed by atoms with Gasteiger partial charge in [-0.1, -0.05) is 6.07 Å². The number of amides is 1. The Labute approximate surface area is 79.5 Å². The molecule has 1 aromatic carbocycles. The van der Waals surface area contributed by atoms with E-state index in [1.165, 1.54) is 0 Å². The fraction of sp³-hybridized carbons (Fsp3) is 0.111. The van der Waals surface area contributed by atoms with Crippen LogP contribution in [-0.2, 0) is 6.61 Å². The minimum atomic E-state index is -0.577. The first kappa shape index (κ1) is 8.71. The first-order chi connectivity index (χ1) is 6.72. The molecule has 0 unspecified atom stereocenters. The molecule has 4 N–H and O–H groups in total. The maximum absolute atomic E-state index is 11.0. The molecule has 0 saturated heterocycles. The highest BCUT2D eigenvalue weighted by Crippen LogP contribution is 2.17. The van der Waals surface area contributed by atoms with E-state index in [9.17, 15) is 4.79 Å². The third-order valence-corrected chi connectivity index (χ3v) is 2.04. The molecular formula is C9H9N3O2. The number of benzene rings is 1. The molecule has 0 aliphatic heterocycles. The van der Waals surface area contributed by atoms with Crippen LogP contribution in [0.5, 0.6) is 0 Å². The minimum Gasteiger partial charge on any atom is -0.392 e. The van der Waals surface area contributed by atoms with Gasteiger partial charge in [0.05, 0.1) is 12.1 Å². The Morgan fingerprint density at radius 3 is 3.00 bits per heavy atom. The third kappa shape index (κ3) is 1.23. The maximum Gasteiger partial charge on any atom is 0.269 e. The molecule has 0 saturated carbocycles. The van der Waals surface area contributed by atoms with Crippen molar-refractivity contribution in [1.82, 2.24) is 10.2 Å². The summed E-state index contributed by atoms with van der Waals surface area (Å²) in [6.07, 6.45) is 0. The van der Waals surface area contributed by atoms with Crippen LogP contribution in [0.25, 0.3) is 10.9 Å². The van der Waals surface area contributed by atoms with Crippen LogP contribution < -0.4 is 5.73 Å². The molecule has 1 aromatic heterocycles. The number of fused-ring (bicyclic) bond motifs is 1. The van der Waals surface area contributed by atoms with Gasteiger partial charge in [-0.25, -0.2) is 0 Å². The highest BCUT2D eigenvalue weighted by atomic mass is 16.3. The Kier molecular flexibility index (Phi) is 1.94. The van der Waals surface area contributed by atoms with Crippen LogP contribution in [0.15, 0.2) is 18.2 Å². The average Bonchev–Trinajstić information content (AvgIpc) is 2.59. The second kappa shape index (κ2) is 3.12. The van der Waals surface area contributed by atoms with Crippen molar-refractivity contribution >= 4 is 16.8 Å². The molecule has 72 valence electrons. The van der Waals surface area contributed by atoms with E-state index in [0.29, 0.717) is 5.39 Å². The van der Waals surface area contributed by atoms with Gasteiger partial charge in [0.15, 0.2) is 5.69 Å². The minimum absolute atomic E-state index is 0.0701. The standard InChI is InChI=1S/C9H9N3O2/c10-9(14)8-6-3-5(4-13)1-2-7(6)11-12-8/h1-3,13H,4H2,(H2,10,14)(H,11,12). The van der Waals surface area contributed by atoms with E-state index >= 15 is 0 Å². The molecular weight excluding hydrogens is 182 g/mol. The monoisotopic (exact) mass is 191 g/mol. The normalized spacial score (nSPS) is 10.6. The molecule has 0 fully saturated rings. The third-order valence-electron chi connectivity index (χ3n) is 2.04. The molecule has 14 heavy (non-hydrogen) atoms. The Hall–Kier alpha value is -1.88. The number of hydrogen-bond donors (Lipinski definition) is 3. The largest absolute Gasteiger partial charge is 0.392 e. The van der Waals surface area contributed by atoms with Crippen molar-refractivity contribution in [2.24, 2.45) is 5.73 Å². The Bertz CT molecular complexity index is 490. The van der Waals surface area contributed by atoms with E-state index in [4.69, 9.17) is 10.8 Å². The van der Waals surface area contributed by atoms with Crippen molar-refractivity contribution in [2.75, 3.05) is 0 Å². The zero-order chi connectivity index (χ0) is 10.1. The van der Waals surface area contributed by atoms with Crippen LogP contribution in [0.3, 0.4) is 0 Å². The second-order valence-corrected chi connectivity index (χ2v) is 2.97. The first-order valence-electron chi connectivity index (χ1n) is 4.10. The molecule has 1 amide bonds. The Morgan fingerprint density at radius 2 is 2.36 bits per heavy atom. The molecule has 5 heteroatoms. The van der Waals surface area contributed by atoms with Crippen LogP contribution in [0.2, 0.25) is 0 Å². The molecule has 0 radical (unpaired) electrons. The van der Waals surface area contributed by atoms with E-state index in [-0.39, 0.29) is 12.3 Å². The van der Waals surface area contributed by atoms with Crippen LogP contribution >= 0.6 is 0 Å². The molecule has 0 bridgehead atoms. The summed E-state index contributed by atoms with van der Waals surface area (Å²) < 4.78 is 0. The number of aliphatic hydroxyl groups excluding tert-OH is 1. The van der Waals surface area contributed by atoms with Crippen LogP contribution in [-0.4, -0.2) is 21.2 Å². The number of nitrogens with zero attached hydrogens (tertiary/aromatic N) is 1. The van der Waals surface area contributed by atoms with E-state index in [1.807, 2.05) is 0 Å². The molecule has 0 aliphatic carbocycles. The number of aliphatic hydroxyl groups is 1. The van der Waals surface area contributed by atoms with E-state index < -0.39 is 5.91 Å². The van der Waals surface area contributed by atoms with E-state index in [1.54, 1.807) is 18.2 Å². The quantitative estimate of drug-likeness (QED) is 0.631. The summed E-state index contributed by atoms with van der Waals surface area (Å²) in [5.74, 6) is -0.577. The lowest BCUT2D eigenvalue weighted by molar-refractivity contribution is 0.0997. The molecule has 0 aliphatic rings. The molecule has 0 spiro atoms. The number of carbonyl (C=O) groups is 1. The first-order valence-corrected chi connectivity index (χ1v) is 4.10. The number of nitrogens with two attached hydrogens (primary N) is 1. The summed E-state index contributed by atoms with van der Waals surface area (Å²) in [7, 11) is 0. The van der Waals surface area contributed by atoms with Gasteiger partial charge in [-0.3, -0.25) is 9.89 Å². The van der Waals surface area contributed by atoms with Crippen molar-refractivity contribution in [3.05, 3.63) is 29.5 Å². The number of aromatic nitrogens is 2. The lowest BCUT2D eigenvalue weighted by Gasteiger charge is -1.95. The molecule has 5 nitrogen and oxygen atoms in total. The summed E-state index contributed by atoms with van der Waals surface area (Å²) in [4.78, 5) is 11.0. The fourth-order valence-corrected chi connectivity index (χ4v) is 1.35. The Morgan fingerprint density at radius 1 is 1.57 bits per heavy atom. The van der Waals surface area contributed by atoms with Gasteiger partial charge in [-0.2, -0.15) is 5.10 Å². The second-order valence-electron chi connectivity index (χ2n) is 2.97.